The summed E-state index contributed by atoms with van der Waals surface area (Å²) in [6.45, 7) is 2.12. The van der Waals surface area contributed by atoms with Crippen LogP contribution in [0.25, 0.3) is 0 Å². The van der Waals surface area contributed by atoms with Gasteiger partial charge >= 0.3 is 0 Å². The second-order valence-corrected chi connectivity index (χ2v) is 6.79. The highest BCUT2D eigenvalue weighted by Crippen LogP contribution is 2.50. The number of halogens is 2. The molecule has 2 heterocycles. The zero-order chi connectivity index (χ0) is 14.6. The molecule has 2 aliphatic heterocycles. The van der Waals surface area contributed by atoms with E-state index in [2.05, 4.69) is 58.7 Å². The molecule has 0 aromatic heterocycles. The highest BCUT2D eigenvalue weighted by molar-refractivity contribution is 14.1. The summed E-state index contributed by atoms with van der Waals surface area (Å²) in [5.74, 6) is -0.181. The molecule has 0 spiro atoms. The van der Waals surface area contributed by atoms with Crippen LogP contribution in [0.3, 0.4) is 0 Å². The SMILES string of the molecule is CC1N=C(c2ccc(I)cc2)C2C(c3ccc(F)cc3)N12. The van der Waals surface area contributed by atoms with E-state index in [0.717, 1.165) is 5.71 Å². The average molecular weight is 392 g/mol. The molecule has 2 aromatic carbocycles. The smallest absolute Gasteiger partial charge is 0.123 e. The number of aliphatic imine (C=N–C) groups is 1. The summed E-state index contributed by atoms with van der Waals surface area (Å²) in [4.78, 5) is 7.15. The molecule has 2 nitrogen and oxygen atoms in total. The van der Waals surface area contributed by atoms with Gasteiger partial charge in [0.2, 0.25) is 0 Å². The summed E-state index contributed by atoms with van der Waals surface area (Å²) in [6, 6.07) is 16.0. The Balaban J connectivity index is 1.65. The van der Waals surface area contributed by atoms with Crippen LogP contribution in [0, 0.1) is 9.39 Å². The minimum atomic E-state index is -0.181. The summed E-state index contributed by atoms with van der Waals surface area (Å²) in [5.41, 5.74) is 3.53. The quantitative estimate of drug-likeness (QED) is 0.557. The van der Waals surface area contributed by atoms with Crippen LogP contribution < -0.4 is 0 Å². The Bertz CT molecular complexity index is 709. The van der Waals surface area contributed by atoms with Gasteiger partial charge in [0.05, 0.1) is 17.8 Å². The van der Waals surface area contributed by atoms with Crippen molar-refractivity contribution in [3.05, 3.63) is 69.0 Å². The van der Waals surface area contributed by atoms with Gasteiger partial charge in [-0.1, -0.05) is 24.3 Å². The van der Waals surface area contributed by atoms with E-state index in [9.17, 15) is 4.39 Å². The second-order valence-electron chi connectivity index (χ2n) is 5.54. The molecule has 0 aliphatic carbocycles. The van der Waals surface area contributed by atoms with Crippen LogP contribution >= 0.6 is 22.6 Å². The summed E-state index contributed by atoms with van der Waals surface area (Å²) < 4.78 is 14.3. The van der Waals surface area contributed by atoms with E-state index < -0.39 is 0 Å². The lowest BCUT2D eigenvalue weighted by molar-refractivity contribution is 0.419. The normalized spacial score (nSPS) is 30.0. The fourth-order valence-electron chi connectivity index (χ4n) is 3.23. The molecule has 21 heavy (non-hydrogen) atoms. The maximum Gasteiger partial charge on any atom is 0.123 e. The van der Waals surface area contributed by atoms with Gasteiger partial charge in [0.15, 0.2) is 0 Å². The molecule has 106 valence electrons. The average Bonchev–Trinajstić information content (AvgIpc) is 3.13. The number of nitrogens with zero attached hydrogens (tertiary/aromatic N) is 2. The van der Waals surface area contributed by atoms with Crippen LogP contribution in [0.2, 0.25) is 0 Å². The van der Waals surface area contributed by atoms with Crippen molar-refractivity contribution in [1.82, 2.24) is 4.90 Å². The number of benzene rings is 2. The predicted molar refractivity (Wildman–Crippen MR) is 89.9 cm³/mol. The summed E-state index contributed by atoms with van der Waals surface area (Å²) in [7, 11) is 0. The molecule has 0 saturated carbocycles. The van der Waals surface area contributed by atoms with Crippen molar-refractivity contribution >= 4 is 28.3 Å². The minimum absolute atomic E-state index is 0.181. The van der Waals surface area contributed by atoms with E-state index in [1.165, 1.54) is 26.8 Å². The van der Waals surface area contributed by atoms with E-state index in [1.54, 1.807) is 0 Å². The first-order chi connectivity index (χ1) is 10.1. The molecular weight excluding hydrogens is 378 g/mol. The molecule has 0 bridgehead atoms. The Morgan fingerprint density at radius 1 is 1.00 bits per heavy atom. The molecule has 2 aromatic rings. The third-order valence-corrected chi connectivity index (χ3v) is 4.96. The van der Waals surface area contributed by atoms with Gasteiger partial charge in [0.25, 0.3) is 0 Å². The molecule has 0 N–H and O–H groups in total. The van der Waals surface area contributed by atoms with E-state index in [-0.39, 0.29) is 12.0 Å². The van der Waals surface area contributed by atoms with Crippen LogP contribution in [-0.4, -0.2) is 22.8 Å². The third-order valence-electron chi connectivity index (χ3n) is 4.24. The summed E-state index contributed by atoms with van der Waals surface area (Å²) in [6.07, 6.45) is 0.194. The topological polar surface area (TPSA) is 15.4 Å². The molecule has 0 radical (unpaired) electrons. The van der Waals surface area contributed by atoms with Gasteiger partial charge in [-0.05, 0) is 64.9 Å². The summed E-state index contributed by atoms with van der Waals surface area (Å²) in [5, 5.41) is 0. The Labute approximate surface area is 136 Å². The van der Waals surface area contributed by atoms with E-state index in [1.807, 2.05) is 12.1 Å². The van der Waals surface area contributed by atoms with Crippen LogP contribution in [0.15, 0.2) is 53.5 Å². The molecule has 1 saturated heterocycles. The van der Waals surface area contributed by atoms with Crippen LogP contribution in [0.1, 0.15) is 24.1 Å². The highest BCUT2D eigenvalue weighted by Gasteiger charge is 2.57. The van der Waals surface area contributed by atoms with Crippen molar-refractivity contribution in [3.8, 4) is 0 Å². The summed E-state index contributed by atoms with van der Waals surface area (Å²) >= 11 is 2.31. The zero-order valence-corrected chi connectivity index (χ0v) is 13.7. The van der Waals surface area contributed by atoms with Gasteiger partial charge in [0, 0.05) is 3.57 Å². The number of hydrogen-bond donors (Lipinski definition) is 0. The van der Waals surface area contributed by atoms with Gasteiger partial charge in [0.1, 0.15) is 12.0 Å². The van der Waals surface area contributed by atoms with Crippen molar-refractivity contribution < 1.29 is 4.39 Å². The Morgan fingerprint density at radius 3 is 2.33 bits per heavy atom. The van der Waals surface area contributed by atoms with Crippen LogP contribution in [0.4, 0.5) is 4.39 Å². The van der Waals surface area contributed by atoms with Crippen molar-refractivity contribution in [1.29, 1.82) is 0 Å². The predicted octanol–water partition coefficient (Wildman–Crippen LogP) is 4.00. The maximum absolute atomic E-state index is 13.1. The fourth-order valence-corrected chi connectivity index (χ4v) is 3.59. The molecule has 4 atom stereocenters. The van der Waals surface area contributed by atoms with E-state index in [4.69, 9.17) is 4.99 Å². The lowest BCUT2D eigenvalue weighted by atomic mass is 10.0. The van der Waals surface area contributed by atoms with Gasteiger partial charge in [-0.3, -0.25) is 9.89 Å². The lowest BCUT2D eigenvalue weighted by Gasteiger charge is -2.09. The monoisotopic (exact) mass is 392 g/mol. The van der Waals surface area contributed by atoms with Gasteiger partial charge in [-0.2, -0.15) is 0 Å². The first kappa shape index (κ1) is 13.4. The van der Waals surface area contributed by atoms with Crippen molar-refractivity contribution in [2.24, 2.45) is 4.99 Å². The first-order valence-corrected chi connectivity index (χ1v) is 8.09. The van der Waals surface area contributed by atoms with Crippen molar-refractivity contribution in [2.75, 3.05) is 0 Å². The van der Waals surface area contributed by atoms with Crippen LogP contribution in [0.5, 0.6) is 0 Å². The number of hydrogen-bond acceptors (Lipinski definition) is 2. The molecule has 4 unspecified atom stereocenters. The van der Waals surface area contributed by atoms with Crippen LogP contribution in [-0.2, 0) is 0 Å². The molecule has 0 amide bonds. The largest absolute Gasteiger partial charge is 0.269 e. The number of fused-ring (bicyclic) bond motifs is 1. The third kappa shape index (κ3) is 2.21. The van der Waals surface area contributed by atoms with E-state index in [0.29, 0.717) is 12.1 Å². The van der Waals surface area contributed by atoms with Crippen molar-refractivity contribution in [3.63, 3.8) is 0 Å². The van der Waals surface area contributed by atoms with Crippen molar-refractivity contribution in [2.45, 2.75) is 25.2 Å². The Kier molecular flexibility index (Phi) is 3.11. The number of rotatable bonds is 2. The Morgan fingerprint density at radius 2 is 1.67 bits per heavy atom. The molecule has 4 rings (SSSR count). The Hall–Kier alpha value is -1.27. The molecule has 2 aliphatic rings. The minimum Gasteiger partial charge on any atom is -0.269 e. The second kappa shape index (κ2) is 4.88. The van der Waals surface area contributed by atoms with Gasteiger partial charge < -0.3 is 0 Å². The molecule has 1 fully saturated rings. The van der Waals surface area contributed by atoms with Gasteiger partial charge in [-0.15, -0.1) is 0 Å². The first-order valence-electron chi connectivity index (χ1n) is 7.02. The maximum atomic E-state index is 13.1. The fraction of sp³-hybridized carbons (Fsp3) is 0.235. The standard InChI is InChI=1S/C17H14FIN2/c1-10-20-15(11-4-8-14(19)9-5-11)17-16(21(10)17)12-2-6-13(18)7-3-12/h2-10,16-17H,1H3. The van der Waals surface area contributed by atoms with E-state index >= 15 is 0 Å². The highest BCUT2D eigenvalue weighted by atomic mass is 127. The molecule has 4 heteroatoms. The van der Waals surface area contributed by atoms with Gasteiger partial charge in [-0.25, -0.2) is 4.39 Å². The lowest BCUT2D eigenvalue weighted by Crippen LogP contribution is -2.09. The zero-order valence-electron chi connectivity index (χ0n) is 11.5. The molecular formula is C17H14FIN2.